The lowest BCUT2D eigenvalue weighted by molar-refractivity contribution is 0.0512. The van der Waals surface area contributed by atoms with E-state index in [4.69, 9.17) is 4.74 Å². The van der Waals surface area contributed by atoms with E-state index in [9.17, 15) is 4.79 Å². The van der Waals surface area contributed by atoms with Gasteiger partial charge in [0.2, 0.25) is 0 Å². The molecule has 0 aliphatic rings. The second-order valence-corrected chi connectivity index (χ2v) is 5.81. The number of hydrogen-bond donors (Lipinski definition) is 1. The lowest BCUT2D eigenvalue weighted by Crippen LogP contribution is -2.38. The van der Waals surface area contributed by atoms with E-state index in [-0.39, 0.29) is 12.1 Å². The number of hydrogen-bond acceptors (Lipinski definition) is 2. The monoisotopic (exact) mass is 275 g/mol. The molecule has 0 aromatic heterocycles. The number of rotatable bonds is 5. The van der Waals surface area contributed by atoms with Gasteiger partial charge in [-0.25, -0.2) is 4.79 Å². The van der Waals surface area contributed by atoms with Crippen LogP contribution in [-0.2, 0) is 4.74 Å². The largest absolute Gasteiger partial charge is 0.444 e. The molecule has 110 valence electrons. The molecular weight excluding hydrogens is 250 g/mol. The number of nitrogens with one attached hydrogen (secondary N) is 1. The number of ether oxygens (including phenoxy) is 1. The summed E-state index contributed by atoms with van der Waals surface area (Å²) in [7, 11) is 0. The second-order valence-electron chi connectivity index (χ2n) is 5.81. The van der Waals surface area contributed by atoms with Crippen LogP contribution < -0.4 is 5.32 Å². The molecule has 1 aromatic rings. The van der Waals surface area contributed by atoms with Gasteiger partial charge in [0.05, 0.1) is 6.04 Å². The predicted molar refractivity (Wildman–Crippen MR) is 83.5 cm³/mol. The van der Waals surface area contributed by atoms with Crippen LogP contribution >= 0.6 is 0 Å². The van der Waals surface area contributed by atoms with E-state index in [0.717, 1.165) is 18.4 Å². The van der Waals surface area contributed by atoms with Crippen LogP contribution in [0.1, 0.15) is 46.1 Å². The highest BCUT2D eigenvalue weighted by Gasteiger charge is 2.17. The molecule has 3 heteroatoms. The Bertz CT molecular complexity index is 432. The van der Waals surface area contributed by atoms with Gasteiger partial charge in [0.25, 0.3) is 0 Å². The highest BCUT2D eigenvalue weighted by atomic mass is 16.6. The molecule has 3 nitrogen and oxygen atoms in total. The van der Waals surface area contributed by atoms with E-state index < -0.39 is 5.60 Å². The molecule has 1 N–H and O–H groups in total. The summed E-state index contributed by atoms with van der Waals surface area (Å²) in [4.78, 5) is 11.8. The zero-order valence-corrected chi connectivity index (χ0v) is 12.8. The van der Waals surface area contributed by atoms with Crippen molar-refractivity contribution in [3.63, 3.8) is 0 Å². The summed E-state index contributed by atoms with van der Waals surface area (Å²) in [6, 6.07) is 10.0. The average molecular weight is 275 g/mol. The maximum Gasteiger partial charge on any atom is 0.408 e. The van der Waals surface area contributed by atoms with Gasteiger partial charge in [0.1, 0.15) is 5.60 Å². The van der Waals surface area contributed by atoms with Gasteiger partial charge in [-0.3, -0.25) is 0 Å². The summed E-state index contributed by atoms with van der Waals surface area (Å²) in [5.41, 5.74) is 0.656. The first-order valence-corrected chi connectivity index (χ1v) is 7.13. The maximum absolute atomic E-state index is 11.8. The van der Waals surface area contributed by atoms with Crippen LogP contribution in [0.2, 0.25) is 0 Å². The molecule has 20 heavy (non-hydrogen) atoms. The third kappa shape index (κ3) is 6.98. The summed E-state index contributed by atoms with van der Waals surface area (Å²) in [5.74, 6) is 0. The Morgan fingerprint density at radius 1 is 1.30 bits per heavy atom. The Labute approximate surface area is 122 Å². The normalized spacial score (nSPS) is 13.2. The third-order valence-corrected chi connectivity index (χ3v) is 2.62. The van der Waals surface area contributed by atoms with Gasteiger partial charge in [-0.15, -0.1) is 0 Å². The molecule has 0 unspecified atom stereocenters. The summed E-state index contributed by atoms with van der Waals surface area (Å²) < 4.78 is 5.28. The summed E-state index contributed by atoms with van der Waals surface area (Å²) in [6.07, 6.45) is 5.57. The highest BCUT2D eigenvalue weighted by Crippen LogP contribution is 2.09. The van der Waals surface area contributed by atoms with Crippen molar-refractivity contribution in [1.82, 2.24) is 5.32 Å². The zero-order chi connectivity index (χ0) is 15.0. The highest BCUT2D eigenvalue weighted by molar-refractivity contribution is 5.68. The van der Waals surface area contributed by atoms with Crippen molar-refractivity contribution in [1.29, 1.82) is 0 Å². The molecule has 0 bridgehead atoms. The fraction of sp³-hybridized carbons (Fsp3) is 0.471. The zero-order valence-electron chi connectivity index (χ0n) is 12.8. The molecule has 0 saturated carbocycles. The van der Waals surface area contributed by atoms with Crippen molar-refractivity contribution in [2.24, 2.45) is 0 Å². The molecule has 0 aliphatic carbocycles. The van der Waals surface area contributed by atoms with Crippen LogP contribution in [0.5, 0.6) is 0 Å². The molecule has 0 fully saturated rings. The Kier molecular flexibility index (Phi) is 6.29. The van der Waals surface area contributed by atoms with E-state index in [0.29, 0.717) is 0 Å². The molecule has 1 rings (SSSR count). The first kappa shape index (κ1) is 16.3. The molecule has 1 atom stereocenters. The predicted octanol–water partition coefficient (Wildman–Crippen LogP) is 4.39. The van der Waals surface area contributed by atoms with Crippen LogP contribution in [0, 0.1) is 0 Å². The van der Waals surface area contributed by atoms with Crippen molar-refractivity contribution in [3.8, 4) is 0 Å². The quantitative estimate of drug-likeness (QED) is 0.865. The van der Waals surface area contributed by atoms with Gasteiger partial charge in [0.15, 0.2) is 0 Å². The van der Waals surface area contributed by atoms with Crippen LogP contribution in [0.25, 0.3) is 6.08 Å². The summed E-state index contributed by atoms with van der Waals surface area (Å²) in [5, 5.41) is 2.90. The molecule has 0 heterocycles. The number of amides is 1. The van der Waals surface area contributed by atoms with Crippen molar-refractivity contribution in [2.75, 3.05) is 0 Å². The van der Waals surface area contributed by atoms with E-state index in [1.54, 1.807) is 0 Å². The molecule has 0 radical (unpaired) electrons. The SMILES string of the molecule is CCC[C@@H](/C=C/c1ccccc1)NC(=O)OC(C)(C)C. The third-order valence-electron chi connectivity index (χ3n) is 2.62. The lowest BCUT2D eigenvalue weighted by Gasteiger charge is -2.22. The van der Waals surface area contributed by atoms with Gasteiger partial charge in [0, 0.05) is 0 Å². The number of benzene rings is 1. The van der Waals surface area contributed by atoms with E-state index >= 15 is 0 Å². The van der Waals surface area contributed by atoms with Crippen LogP contribution in [0.4, 0.5) is 4.79 Å². The van der Waals surface area contributed by atoms with E-state index in [1.807, 2.05) is 63.3 Å². The topological polar surface area (TPSA) is 38.3 Å². The van der Waals surface area contributed by atoms with E-state index in [2.05, 4.69) is 12.2 Å². The fourth-order valence-corrected chi connectivity index (χ4v) is 1.78. The Hall–Kier alpha value is -1.77. The minimum absolute atomic E-state index is 0.00458. The smallest absolute Gasteiger partial charge is 0.408 e. The number of carbonyl (C=O) groups is 1. The second kappa shape index (κ2) is 7.73. The first-order valence-electron chi connectivity index (χ1n) is 7.13. The average Bonchev–Trinajstić information content (AvgIpc) is 2.35. The Balaban J connectivity index is 2.60. The molecule has 0 spiro atoms. The maximum atomic E-state index is 11.8. The van der Waals surface area contributed by atoms with Crippen molar-refractivity contribution >= 4 is 12.2 Å². The first-order chi connectivity index (χ1) is 9.40. The number of alkyl carbamates (subject to hydrolysis) is 1. The van der Waals surface area contributed by atoms with Gasteiger partial charge < -0.3 is 10.1 Å². The van der Waals surface area contributed by atoms with Gasteiger partial charge in [-0.1, -0.05) is 55.8 Å². The van der Waals surface area contributed by atoms with Crippen molar-refractivity contribution in [3.05, 3.63) is 42.0 Å². The van der Waals surface area contributed by atoms with Crippen LogP contribution in [0.15, 0.2) is 36.4 Å². The Morgan fingerprint density at radius 2 is 1.95 bits per heavy atom. The van der Waals surface area contributed by atoms with Crippen LogP contribution in [-0.4, -0.2) is 17.7 Å². The number of carbonyl (C=O) groups excluding carboxylic acids is 1. The standard InChI is InChI=1S/C17H25NO2/c1-5-9-15(18-16(19)20-17(2,3)4)13-12-14-10-7-6-8-11-14/h6-8,10-13,15H,5,9H2,1-4H3,(H,18,19)/b13-12+/t15-/m0/s1. The van der Waals surface area contributed by atoms with Crippen molar-refractivity contribution in [2.45, 2.75) is 52.2 Å². The minimum Gasteiger partial charge on any atom is -0.444 e. The van der Waals surface area contributed by atoms with Gasteiger partial charge in [-0.05, 0) is 32.8 Å². The van der Waals surface area contributed by atoms with Crippen molar-refractivity contribution < 1.29 is 9.53 Å². The molecule has 1 aromatic carbocycles. The summed E-state index contributed by atoms with van der Waals surface area (Å²) in [6.45, 7) is 7.68. The van der Waals surface area contributed by atoms with Crippen LogP contribution in [0.3, 0.4) is 0 Å². The molecule has 1 amide bonds. The molecule has 0 saturated heterocycles. The molecule has 0 aliphatic heterocycles. The van der Waals surface area contributed by atoms with Gasteiger partial charge in [-0.2, -0.15) is 0 Å². The lowest BCUT2D eigenvalue weighted by atomic mass is 10.1. The Morgan fingerprint density at radius 3 is 2.50 bits per heavy atom. The van der Waals surface area contributed by atoms with E-state index in [1.165, 1.54) is 0 Å². The van der Waals surface area contributed by atoms with Gasteiger partial charge >= 0.3 is 6.09 Å². The summed E-state index contributed by atoms with van der Waals surface area (Å²) >= 11 is 0. The minimum atomic E-state index is -0.468. The molecular formula is C17H25NO2. The fourth-order valence-electron chi connectivity index (χ4n) is 1.78.